The van der Waals surface area contributed by atoms with Gasteiger partial charge in [0.05, 0.1) is 12.6 Å². The van der Waals surface area contributed by atoms with Crippen molar-refractivity contribution in [2.24, 2.45) is 5.73 Å². The molecule has 1 heterocycles. The average molecular weight is 161 g/mol. The minimum absolute atomic E-state index is 0.215. The van der Waals surface area contributed by atoms with Crippen LogP contribution in [0, 0.1) is 5.13 Å². The van der Waals surface area contributed by atoms with Gasteiger partial charge in [0, 0.05) is 5.56 Å². The third kappa shape index (κ3) is 1.34. The zero-order valence-corrected chi connectivity index (χ0v) is 6.07. The molecule has 1 aromatic rings. The Morgan fingerprint density at radius 1 is 1.80 bits per heavy atom. The lowest BCUT2D eigenvalue weighted by Crippen LogP contribution is -2.14. The van der Waals surface area contributed by atoms with E-state index in [4.69, 9.17) is 10.8 Å². The van der Waals surface area contributed by atoms with Crippen molar-refractivity contribution in [1.29, 1.82) is 0 Å². The highest BCUT2D eigenvalue weighted by molar-refractivity contribution is 7.08. The average Bonchev–Trinajstić information content (AvgIpc) is 2.34. The first-order valence-electron chi connectivity index (χ1n) is 2.85. The lowest BCUT2D eigenvalue weighted by atomic mass is 10.2. The first-order valence-corrected chi connectivity index (χ1v) is 3.73. The van der Waals surface area contributed by atoms with E-state index >= 15 is 0 Å². The van der Waals surface area contributed by atoms with E-state index < -0.39 is 6.04 Å². The summed E-state index contributed by atoms with van der Waals surface area (Å²) in [5, 5.41) is 9.85. The van der Waals surface area contributed by atoms with Gasteiger partial charge < -0.3 is 10.8 Å². The van der Waals surface area contributed by atoms with E-state index in [0.29, 0.717) is 5.56 Å². The van der Waals surface area contributed by atoms with Gasteiger partial charge in [0.25, 0.3) is 0 Å². The van der Waals surface area contributed by atoms with Gasteiger partial charge in [-0.1, -0.05) is 0 Å². The van der Waals surface area contributed by atoms with Crippen LogP contribution in [0.1, 0.15) is 11.6 Å². The second-order valence-corrected chi connectivity index (χ2v) is 2.81. The summed E-state index contributed by atoms with van der Waals surface area (Å²) in [7, 11) is 0. The van der Waals surface area contributed by atoms with Crippen molar-refractivity contribution in [2.45, 2.75) is 6.04 Å². The smallest absolute Gasteiger partial charge is 0.181 e. The third-order valence-corrected chi connectivity index (χ3v) is 1.96. The molecule has 0 aliphatic heterocycles. The van der Waals surface area contributed by atoms with Gasteiger partial charge in [-0.25, -0.2) is 0 Å². The topological polar surface area (TPSA) is 46.2 Å². The van der Waals surface area contributed by atoms with Crippen LogP contribution >= 0.6 is 11.3 Å². The van der Waals surface area contributed by atoms with Crippen molar-refractivity contribution < 1.29 is 9.50 Å². The second kappa shape index (κ2) is 3.09. The monoisotopic (exact) mass is 161 g/mol. The molecule has 0 fully saturated rings. The SMILES string of the molecule is N[C@@H](CO)c1ccsc1F. The first-order chi connectivity index (χ1) is 4.75. The molecule has 0 aliphatic rings. The van der Waals surface area contributed by atoms with Crippen molar-refractivity contribution >= 4 is 11.3 Å². The minimum Gasteiger partial charge on any atom is -0.394 e. The number of rotatable bonds is 2. The van der Waals surface area contributed by atoms with E-state index in [1.54, 1.807) is 11.4 Å². The van der Waals surface area contributed by atoms with Gasteiger partial charge in [0.2, 0.25) is 0 Å². The van der Waals surface area contributed by atoms with Crippen LogP contribution in [0.25, 0.3) is 0 Å². The van der Waals surface area contributed by atoms with Gasteiger partial charge in [0.15, 0.2) is 5.13 Å². The van der Waals surface area contributed by atoms with Gasteiger partial charge in [-0.3, -0.25) is 0 Å². The Morgan fingerprint density at radius 3 is 2.90 bits per heavy atom. The molecule has 4 heteroatoms. The minimum atomic E-state index is -0.578. The van der Waals surface area contributed by atoms with Crippen LogP contribution in [0.2, 0.25) is 0 Å². The number of aliphatic hydroxyl groups is 1. The maximum atomic E-state index is 12.6. The molecule has 1 aromatic heterocycles. The highest BCUT2D eigenvalue weighted by Gasteiger charge is 2.10. The summed E-state index contributed by atoms with van der Waals surface area (Å²) in [6.07, 6.45) is 0. The maximum Gasteiger partial charge on any atom is 0.181 e. The van der Waals surface area contributed by atoms with Gasteiger partial charge in [0.1, 0.15) is 0 Å². The summed E-state index contributed by atoms with van der Waals surface area (Å²) in [5.74, 6) is 0. The molecule has 2 nitrogen and oxygen atoms in total. The van der Waals surface area contributed by atoms with Crippen molar-refractivity contribution in [3.8, 4) is 0 Å². The number of thiophene rings is 1. The Labute approximate surface area is 62.1 Å². The van der Waals surface area contributed by atoms with E-state index in [2.05, 4.69) is 0 Å². The van der Waals surface area contributed by atoms with Crippen LogP contribution in [-0.4, -0.2) is 11.7 Å². The number of hydrogen-bond acceptors (Lipinski definition) is 3. The zero-order chi connectivity index (χ0) is 7.56. The normalized spacial score (nSPS) is 13.5. The van der Waals surface area contributed by atoms with Crippen LogP contribution in [0.5, 0.6) is 0 Å². The van der Waals surface area contributed by atoms with E-state index in [1.807, 2.05) is 0 Å². The van der Waals surface area contributed by atoms with Crippen LogP contribution in [0.4, 0.5) is 4.39 Å². The number of aliphatic hydroxyl groups excluding tert-OH is 1. The molecular weight excluding hydrogens is 153 g/mol. The summed E-state index contributed by atoms with van der Waals surface area (Å²) >= 11 is 0.990. The van der Waals surface area contributed by atoms with Crippen molar-refractivity contribution in [1.82, 2.24) is 0 Å². The summed E-state index contributed by atoms with van der Waals surface area (Å²) in [4.78, 5) is 0. The highest BCUT2D eigenvalue weighted by atomic mass is 32.1. The fourth-order valence-corrected chi connectivity index (χ4v) is 1.36. The Kier molecular flexibility index (Phi) is 2.37. The molecule has 1 atom stereocenters. The summed E-state index contributed by atoms with van der Waals surface area (Å²) in [5.41, 5.74) is 5.75. The molecule has 0 amide bonds. The number of hydrogen-bond donors (Lipinski definition) is 2. The first kappa shape index (κ1) is 7.65. The molecule has 0 unspecified atom stereocenters. The molecule has 10 heavy (non-hydrogen) atoms. The number of nitrogens with two attached hydrogens (primary N) is 1. The zero-order valence-electron chi connectivity index (χ0n) is 5.25. The van der Waals surface area contributed by atoms with Crippen molar-refractivity contribution in [3.63, 3.8) is 0 Å². The molecule has 0 aromatic carbocycles. The lowest BCUT2D eigenvalue weighted by Gasteiger charge is -2.03. The number of halogens is 1. The van der Waals surface area contributed by atoms with E-state index in [9.17, 15) is 4.39 Å². The molecule has 0 saturated carbocycles. The van der Waals surface area contributed by atoms with Gasteiger partial charge in [-0.05, 0) is 11.4 Å². The van der Waals surface area contributed by atoms with E-state index in [-0.39, 0.29) is 11.7 Å². The summed E-state index contributed by atoms with van der Waals surface area (Å²) in [6.45, 7) is -0.215. The summed E-state index contributed by atoms with van der Waals surface area (Å²) < 4.78 is 12.6. The predicted octanol–water partition coefficient (Wildman–Crippen LogP) is 0.879. The largest absolute Gasteiger partial charge is 0.394 e. The van der Waals surface area contributed by atoms with Gasteiger partial charge in [-0.2, -0.15) is 4.39 Å². The Bertz CT molecular complexity index is 213. The van der Waals surface area contributed by atoms with Crippen molar-refractivity contribution in [2.75, 3.05) is 6.61 Å². The molecule has 0 saturated heterocycles. The molecule has 0 bridgehead atoms. The molecule has 56 valence electrons. The Morgan fingerprint density at radius 2 is 2.50 bits per heavy atom. The summed E-state index contributed by atoms with van der Waals surface area (Å²) in [6, 6.07) is 1.01. The van der Waals surface area contributed by atoms with Crippen LogP contribution in [0.15, 0.2) is 11.4 Å². The van der Waals surface area contributed by atoms with Gasteiger partial charge in [-0.15, -0.1) is 11.3 Å². The van der Waals surface area contributed by atoms with Crippen LogP contribution < -0.4 is 5.73 Å². The molecule has 0 radical (unpaired) electrons. The van der Waals surface area contributed by atoms with Crippen molar-refractivity contribution in [3.05, 3.63) is 22.1 Å². The maximum absolute atomic E-state index is 12.6. The second-order valence-electron chi connectivity index (χ2n) is 1.94. The van der Waals surface area contributed by atoms with Crippen LogP contribution in [0.3, 0.4) is 0 Å². The Balaban J connectivity index is 2.82. The molecule has 3 N–H and O–H groups in total. The molecule has 0 aliphatic carbocycles. The fourth-order valence-electron chi connectivity index (χ4n) is 0.668. The molecule has 1 rings (SSSR count). The van der Waals surface area contributed by atoms with Crippen LogP contribution in [-0.2, 0) is 0 Å². The van der Waals surface area contributed by atoms with Gasteiger partial charge >= 0.3 is 0 Å². The Hall–Kier alpha value is -0.450. The standard InChI is InChI=1S/C6H8FNOS/c7-6-4(1-2-10-6)5(8)3-9/h1-2,5,9H,3,8H2/t5-/m0/s1. The molecule has 0 spiro atoms. The van der Waals surface area contributed by atoms with E-state index in [1.165, 1.54) is 0 Å². The lowest BCUT2D eigenvalue weighted by molar-refractivity contribution is 0.266. The van der Waals surface area contributed by atoms with E-state index in [0.717, 1.165) is 11.3 Å². The highest BCUT2D eigenvalue weighted by Crippen LogP contribution is 2.19. The fraction of sp³-hybridized carbons (Fsp3) is 0.333. The quantitative estimate of drug-likeness (QED) is 0.676. The third-order valence-electron chi connectivity index (χ3n) is 1.24. The molecular formula is C6H8FNOS. The predicted molar refractivity (Wildman–Crippen MR) is 38.3 cm³/mol.